The number of hydrogen-bond donors (Lipinski definition) is 1. The summed E-state index contributed by atoms with van der Waals surface area (Å²) in [7, 11) is -0.731. The SMILES string of the molecule is COc1cc(C(=O)NC2CCCCC2)c(N(Cc2ccccc2)S(C)(=O)=O)cc1OC. The molecule has 0 spiro atoms. The highest BCUT2D eigenvalue weighted by molar-refractivity contribution is 7.92. The van der Waals surface area contributed by atoms with Gasteiger partial charge in [-0.25, -0.2) is 8.42 Å². The van der Waals surface area contributed by atoms with E-state index in [2.05, 4.69) is 5.32 Å². The Labute approximate surface area is 184 Å². The minimum absolute atomic E-state index is 0.0861. The molecule has 168 valence electrons. The summed E-state index contributed by atoms with van der Waals surface area (Å²) >= 11 is 0. The molecule has 1 saturated carbocycles. The van der Waals surface area contributed by atoms with Gasteiger partial charge in [0.05, 0.1) is 38.3 Å². The zero-order chi connectivity index (χ0) is 22.4. The second kappa shape index (κ2) is 10.0. The minimum atomic E-state index is -3.69. The maximum absolute atomic E-state index is 13.3. The van der Waals surface area contributed by atoms with Crippen LogP contribution in [0.5, 0.6) is 11.5 Å². The van der Waals surface area contributed by atoms with Crippen LogP contribution in [0, 0.1) is 0 Å². The number of ether oxygens (including phenoxy) is 2. The van der Waals surface area contributed by atoms with Gasteiger partial charge in [-0.3, -0.25) is 9.10 Å². The fraction of sp³-hybridized carbons (Fsp3) is 0.435. The van der Waals surface area contributed by atoms with Crippen LogP contribution in [0.25, 0.3) is 0 Å². The molecule has 2 aromatic carbocycles. The summed E-state index contributed by atoms with van der Waals surface area (Å²) in [4.78, 5) is 13.3. The molecular weight excluding hydrogens is 416 g/mol. The fourth-order valence-electron chi connectivity index (χ4n) is 3.90. The first-order valence-electron chi connectivity index (χ1n) is 10.4. The molecule has 3 rings (SSSR count). The maximum atomic E-state index is 13.3. The summed E-state index contributed by atoms with van der Waals surface area (Å²) in [6.45, 7) is 0.0961. The number of anilines is 1. The molecule has 7 nitrogen and oxygen atoms in total. The predicted molar refractivity (Wildman–Crippen MR) is 121 cm³/mol. The molecular formula is C23H30N2O5S. The van der Waals surface area contributed by atoms with Crippen molar-refractivity contribution in [2.24, 2.45) is 0 Å². The van der Waals surface area contributed by atoms with Gasteiger partial charge >= 0.3 is 0 Å². The van der Waals surface area contributed by atoms with E-state index in [4.69, 9.17) is 9.47 Å². The Balaban J connectivity index is 2.06. The first kappa shape index (κ1) is 22.9. The molecule has 0 atom stereocenters. The first-order chi connectivity index (χ1) is 14.8. The standard InChI is InChI=1S/C23H30N2O5S/c1-29-21-14-19(23(26)24-18-12-8-5-9-13-18)20(15-22(21)30-2)25(31(3,27)28)16-17-10-6-4-7-11-17/h4,6-7,10-11,14-15,18H,5,8-9,12-13,16H2,1-3H3,(H,24,26). The van der Waals surface area contributed by atoms with Gasteiger partial charge < -0.3 is 14.8 Å². The molecule has 8 heteroatoms. The van der Waals surface area contributed by atoms with Crippen molar-refractivity contribution in [1.29, 1.82) is 0 Å². The van der Waals surface area contributed by atoms with Gasteiger partial charge in [0, 0.05) is 12.1 Å². The van der Waals surface area contributed by atoms with E-state index in [1.54, 1.807) is 12.1 Å². The number of hydrogen-bond acceptors (Lipinski definition) is 5. The highest BCUT2D eigenvalue weighted by atomic mass is 32.2. The minimum Gasteiger partial charge on any atom is -0.493 e. The Morgan fingerprint density at radius 2 is 1.65 bits per heavy atom. The summed E-state index contributed by atoms with van der Waals surface area (Å²) in [6.07, 6.45) is 6.31. The Morgan fingerprint density at radius 1 is 1.03 bits per heavy atom. The number of nitrogens with one attached hydrogen (secondary N) is 1. The lowest BCUT2D eigenvalue weighted by atomic mass is 9.95. The quantitative estimate of drug-likeness (QED) is 0.668. The third-order valence-corrected chi connectivity index (χ3v) is 6.65. The largest absolute Gasteiger partial charge is 0.493 e. The van der Waals surface area contributed by atoms with Gasteiger partial charge in [-0.05, 0) is 24.5 Å². The van der Waals surface area contributed by atoms with Crippen LogP contribution in [0.1, 0.15) is 48.0 Å². The first-order valence-corrected chi connectivity index (χ1v) is 12.3. The zero-order valence-electron chi connectivity index (χ0n) is 18.3. The smallest absolute Gasteiger partial charge is 0.253 e. The van der Waals surface area contributed by atoms with Gasteiger partial charge in [-0.1, -0.05) is 49.6 Å². The number of carbonyl (C=O) groups excluding carboxylic acids is 1. The van der Waals surface area contributed by atoms with Gasteiger partial charge in [0.15, 0.2) is 11.5 Å². The number of benzene rings is 2. The van der Waals surface area contributed by atoms with Crippen molar-refractivity contribution in [3.63, 3.8) is 0 Å². The second-order valence-corrected chi connectivity index (χ2v) is 9.69. The summed E-state index contributed by atoms with van der Waals surface area (Å²) in [5.74, 6) is 0.409. The summed E-state index contributed by atoms with van der Waals surface area (Å²) in [5.41, 5.74) is 1.31. The number of amides is 1. The van der Waals surface area contributed by atoms with E-state index in [0.29, 0.717) is 11.5 Å². The molecule has 0 saturated heterocycles. The van der Waals surface area contributed by atoms with Crippen molar-refractivity contribution in [2.75, 3.05) is 24.8 Å². The van der Waals surface area contributed by atoms with E-state index in [9.17, 15) is 13.2 Å². The van der Waals surface area contributed by atoms with Crippen molar-refractivity contribution >= 4 is 21.6 Å². The van der Waals surface area contributed by atoms with Gasteiger partial charge in [-0.15, -0.1) is 0 Å². The van der Waals surface area contributed by atoms with E-state index in [0.717, 1.165) is 37.5 Å². The Morgan fingerprint density at radius 3 is 2.23 bits per heavy atom. The molecule has 1 aliphatic rings. The maximum Gasteiger partial charge on any atom is 0.253 e. The Bertz CT molecular complexity index is 1000. The normalized spacial score (nSPS) is 14.7. The van der Waals surface area contributed by atoms with E-state index < -0.39 is 10.0 Å². The molecule has 0 heterocycles. The average molecular weight is 447 g/mol. The molecule has 31 heavy (non-hydrogen) atoms. The third kappa shape index (κ3) is 5.70. The number of methoxy groups -OCH3 is 2. The highest BCUT2D eigenvalue weighted by Crippen LogP contribution is 2.37. The predicted octanol–water partition coefficient (Wildman–Crippen LogP) is 3.73. The molecule has 1 amide bonds. The third-order valence-electron chi connectivity index (χ3n) is 5.52. The number of sulfonamides is 1. The zero-order valence-corrected chi connectivity index (χ0v) is 19.1. The fourth-order valence-corrected chi connectivity index (χ4v) is 4.79. The van der Waals surface area contributed by atoms with Crippen LogP contribution in [0.2, 0.25) is 0 Å². The van der Waals surface area contributed by atoms with Gasteiger partial charge in [0.1, 0.15) is 0 Å². The lowest BCUT2D eigenvalue weighted by molar-refractivity contribution is 0.0928. The monoisotopic (exact) mass is 446 g/mol. The van der Waals surface area contributed by atoms with Crippen molar-refractivity contribution in [3.05, 3.63) is 53.6 Å². The van der Waals surface area contributed by atoms with Gasteiger partial charge in [0.25, 0.3) is 5.91 Å². The molecule has 1 aliphatic carbocycles. The van der Waals surface area contributed by atoms with E-state index in [-0.39, 0.29) is 29.7 Å². The van der Waals surface area contributed by atoms with Crippen molar-refractivity contribution < 1.29 is 22.7 Å². The lowest BCUT2D eigenvalue weighted by Crippen LogP contribution is -2.38. The molecule has 0 radical (unpaired) electrons. The van der Waals surface area contributed by atoms with Gasteiger partial charge in [-0.2, -0.15) is 0 Å². The molecule has 0 aromatic heterocycles. The van der Waals surface area contributed by atoms with Crippen LogP contribution in [-0.4, -0.2) is 40.8 Å². The van der Waals surface area contributed by atoms with Crippen LogP contribution in [0.3, 0.4) is 0 Å². The average Bonchev–Trinajstić information content (AvgIpc) is 2.77. The lowest BCUT2D eigenvalue weighted by Gasteiger charge is -2.27. The molecule has 0 bridgehead atoms. The van der Waals surface area contributed by atoms with Crippen LogP contribution < -0.4 is 19.1 Å². The molecule has 0 unspecified atom stereocenters. The molecule has 2 aromatic rings. The summed E-state index contributed by atoms with van der Waals surface area (Å²) in [6, 6.07) is 12.5. The molecule has 0 aliphatic heterocycles. The number of nitrogens with zero attached hydrogens (tertiary/aromatic N) is 1. The van der Waals surface area contributed by atoms with Crippen molar-refractivity contribution in [1.82, 2.24) is 5.32 Å². The highest BCUT2D eigenvalue weighted by Gasteiger charge is 2.27. The van der Waals surface area contributed by atoms with E-state index in [1.807, 2.05) is 30.3 Å². The van der Waals surface area contributed by atoms with Gasteiger partial charge in [0.2, 0.25) is 10.0 Å². The van der Waals surface area contributed by atoms with Crippen molar-refractivity contribution in [3.8, 4) is 11.5 Å². The van der Waals surface area contributed by atoms with Crippen LogP contribution in [0.4, 0.5) is 5.69 Å². The van der Waals surface area contributed by atoms with Crippen LogP contribution in [0.15, 0.2) is 42.5 Å². The van der Waals surface area contributed by atoms with Crippen LogP contribution >= 0.6 is 0 Å². The second-order valence-electron chi connectivity index (χ2n) is 7.79. The molecule has 1 fully saturated rings. The van der Waals surface area contributed by atoms with E-state index >= 15 is 0 Å². The Hall–Kier alpha value is -2.74. The number of carbonyl (C=O) groups is 1. The van der Waals surface area contributed by atoms with E-state index in [1.165, 1.54) is 24.9 Å². The topological polar surface area (TPSA) is 84.9 Å². The Kier molecular flexibility index (Phi) is 7.43. The van der Waals surface area contributed by atoms with Crippen LogP contribution in [-0.2, 0) is 16.6 Å². The molecule has 1 N–H and O–H groups in total. The summed E-state index contributed by atoms with van der Waals surface area (Å²) < 4.78 is 37.6. The number of rotatable bonds is 8. The van der Waals surface area contributed by atoms with Crippen molar-refractivity contribution in [2.45, 2.75) is 44.7 Å². The summed E-state index contributed by atoms with van der Waals surface area (Å²) in [5, 5.41) is 3.08.